The zero-order chi connectivity index (χ0) is 40.6. The molecule has 0 bridgehead atoms. The third-order valence-corrected chi connectivity index (χ3v) is 8.45. The molecule has 0 aliphatic carbocycles. The van der Waals surface area contributed by atoms with E-state index in [0.717, 1.165) is 27.4 Å². The largest absolute Gasteiger partial charge is 0.480 e. The standard InChI is InChI=1S/C15H14Cl2N2O3.C12H9F2N5O2S.C3H8NO5P/c1-5-6-21-12-8-11(9(16)7-10(12)17)19-14(20)22-13(18-19)15(2,3)4;1-7-5-6-19-11(15-7)16-12(17-19)22(20,21)18-10-8(13)3-2-4-9(10)14;5-3(6)1-4-2-10(7,8)9/h1,7-8H,6H2,2-4H3;2-6,18H,1H3;4H,1-2H2,(H,5,6)(H2,7,8,9). The summed E-state index contributed by atoms with van der Waals surface area (Å²) in [5.74, 6) is -0.855. The summed E-state index contributed by atoms with van der Waals surface area (Å²) in [6.45, 7) is 6.96. The van der Waals surface area contributed by atoms with E-state index in [2.05, 4.69) is 31.4 Å². The van der Waals surface area contributed by atoms with Crippen LogP contribution in [0, 0.1) is 30.9 Å². The van der Waals surface area contributed by atoms with Gasteiger partial charge in [-0.2, -0.15) is 18.1 Å². The summed E-state index contributed by atoms with van der Waals surface area (Å²) >= 11 is 12.2. The molecular weight excluding hydrogens is 804 g/mol. The SMILES string of the molecule is C#CCOc1cc(-n2nc(C(C)(C)C)oc2=O)c(Cl)cc1Cl.Cc1ccn2nc(S(=O)(=O)Nc3c(F)cccc3F)nc2n1.O=C(O)CNCP(=O)(O)O. The lowest BCUT2D eigenvalue weighted by atomic mass is 9.97. The van der Waals surface area contributed by atoms with Crippen LogP contribution in [0.1, 0.15) is 32.4 Å². The van der Waals surface area contributed by atoms with E-state index in [1.54, 1.807) is 17.7 Å². The fraction of sp³-hybridized carbons (Fsp3) is 0.267. The number of carboxylic acids is 1. The number of halogens is 4. The van der Waals surface area contributed by atoms with E-state index in [-0.39, 0.29) is 22.4 Å². The smallest absolute Gasteiger partial charge is 0.442 e. The van der Waals surface area contributed by atoms with E-state index in [0.29, 0.717) is 23.0 Å². The highest BCUT2D eigenvalue weighted by Crippen LogP contribution is 2.33. The summed E-state index contributed by atoms with van der Waals surface area (Å²) in [7, 11) is -8.44. The molecule has 0 aliphatic rings. The first-order valence-corrected chi connectivity index (χ1v) is 18.9. The first-order chi connectivity index (χ1) is 25.0. The second-order valence-electron chi connectivity index (χ2n) is 11.6. The molecule has 2 aromatic carbocycles. The molecule has 0 aliphatic heterocycles. The van der Waals surface area contributed by atoms with E-state index in [4.69, 9.17) is 53.7 Å². The molecule has 5 N–H and O–H groups in total. The number of carbonyl (C=O) groups is 1. The van der Waals surface area contributed by atoms with Gasteiger partial charge in [0.25, 0.3) is 21.0 Å². The number of fused-ring (bicyclic) bond motifs is 1. The Morgan fingerprint density at radius 3 is 2.31 bits per heavy atom. The number of ether oxygens (including phenoxy) is 1. The Bertz CT molecular complexity index is 2390. The number of carboxylic acid groups (broad SMARTS) is 1. The van der Waals surface area contributed by atoms with Crippen LogP contribution in [0.15, 0.2) is 57.0 Å². The quantitative estimate of drug-likeness (QED) is 0.0992. The van der Waals surface area contributed by atoms with Gasteiger partial charge in [-0.05, 0) is 31.2 Å². The van der Waals surface area contributed by atoms with Gasteiger partial charge in [-0.1, -0.05) is 56.0 Å². The van der Waals surface area contributed by atoms with Gasteiger partial charge in [-0.3, -0.25) is 19.4 Å². The van der Waals surface area contributed by atoms with Crippen molar-refractivity contribution in [1.82, 2.24) is 34.7 Å². The summed E-state index contributed by atoms with van der Waals surface area (Å²) in [4.78, 5) is 45.9. The highest BCUT2D eigenvalue weighted by Gasteiger charge is 2.25. The van der Waals surface area contributed by atoms with Crippen LogP contribution in [-0.4, -0.2) is 78.1 Å². The lowest BCUT2D eigenvalue weighted by molar-refractivity contribution is -0.135. The first kappa shape index (κ1) is 43.5. The number of nitrogens with one attached hydrogen (secondary N) is 2. The van der Waals surface area contributed by atoms with Gasteiger partial charge in [0.05, 0.1) is 28.6 Å². The predicted molar refractivity (Wildman–Crippen MR) is 190 cm³/mol. The molecule has 54 heavy (non-hydrogen) atoms. The van der Waals surface area contributed by atoms with Crippen molar-refractivity contribution in [3.05, 3.63) is 86.4 Å². The number of benzene rings is 2. The second-order valence-corrected chi connectivity index (χ2v) is 15.7. The van der Waals surface area contributed by atoms with Gasteiger partial charge in [0.1, 0.15) is 29.7 Å². The van der Waals surface area contributed by atoms with Gasteiger partial charge < -0.3 is 24.0 Å². The maximum atomic E-state index is 13.5. The van der Waals surface area contributed by atoms with Crippen LogP contribution >= 0.6 is 30.8 Å². The van der Waals surface area contributed by atoms with Crippen LogP contribution in [0.3, 0.4) is 0 Å². The number of aliphatic carboxylic acids is 1. The van der Waals surface area contributed by atoms with Gasteiger partial charge in [0, 0.05) is 23.4 Å². The minimum atomic E-state index is -4.35. The van der Waals surface area contributed by atoms with E-state index in [1.807, 2.05) is 20.8 Å². The van der Waals surface area contributed by atoms with Gasteiger partial charge in [0.2, 0.25) is 5.89 Å². The molecule has 3 aromatic heterocycles. The number of terminal acetylenes is 1. The third-order valence-electron chi connectivity index (χ3n) is 6.09. The number of aromatic nitrogens is 6. The number of rotatable bonds is 10. The highest BCUT2D eigenvalue weighted by molar-refractivity contribution is 7.92. The molecule has 3 heterocycles. The first-order valence-electron chi connectivity index (χ1n) is 14.8. The molecule has 0 spiro atoms. The van der Waals surface area contributed by atoms with E-state index < -0.39 is 70.1 Å². The van der Waals surface area contributed by atoms with Crippen LogP contribution in [0.2, 0.25) is 10.0 Å². The Kier molecular flexibility index (Phi) is 14.4. The van der Waals surface area contributed by atoms with Crippen LogP contribution in [0.5, 0.6) is 5.75 Å². The number of para-hydroxylation sites is 1. The van der Waals surface area contributed by atoms with Gasteiger partial charge in [-0.25, -0.2) is 23.1 Å². The average Bonchev–Trinajstić information content (AvgIpc) is 3.66. The zero-order valence-corrected chi connectivity index (χ0v) is 31.7. The van der Waals surface area contributed by atoms with Gasteiger partial charge in [0.15, 0.2) is 0 Å². The molecule has 0 atom stereocenters. The fourth-order valence-corrected chi connectivity index (χ4v) is 5.56. The van der Waals surface area contributed by atoms with Crippen molar-refractivity contribution in [2.24, 2.45) is 0 Å². The minimum absolute atomic E-state index is 0.0434. The van der Waals surface area contributed by atoms with Crippen molar-refractivity contribution in [3.8, 4) is 23.8 Å². The van der Waals surface area contributed by atoms with Gasteiger partial charge >= 0.3 is 19.3 Å². The average molecular weight is 836 g/mol. The molecule has 5 aromatic rings. The Morgan fingerprint density at radius 2 is 1.76 bits per heavy atom. The molecule has 0 unspecified atom stereocenters. The highest BCUT2D eigenvalue weighted by atomic mass is 35.5. The fourth-order valence-electron chi connectivity index (χ4n) is 3.69. The molecule has 0 saturated heterocycles. The van der Waals surface area contributed by atoms with Crippen molar-refractivity contribution in [2.75, 3.05) is 24.2 Å². The number of aryl methyl sites for hydroxylation is 1. The molecule has 18 nitrogen and oxygen atoms in total. The normalized spacial score (nSPS) is 11.5. The molecule has 0 amide bonds. The maximum Gasteiger partial charge on any atom is 0.442 e. The Labute approximate surface area is 315 Å². The molecule has 5 rings (SSSR count). The summed E-state index contributed by atoms with van der Waals surface area (Å²) < 4.78 is 75.9. The van der Waals surface area contributed by atoms with Crippen molar-refractivity contribution in [3.63, 3.8) is 0 Å². The lowest BCUT2D eigenvalue weighted by Gasteiger charge is -2.11. The van der Waals surface area contributed by atoms with E-state index in [9.17, 15) is 31.4 Å². The minimum Gasteiger partial charge on any atom is -0.480 e. The van der Waals surface area contributed by atoms with Crippen LogP contribution in [0.4, 0.5) is 14.5 Å². The zero-order valence-electron chi connectivity index (χ0n) is 28.5. The number of nitrogens with zero attached hydrogens (tertiary/aromatic N) is 6. The predicted octanol–water partition coefficient (Wildman–Crippen LogP) is 3.75. The number of hydrogen-bond acceptors (Lipinski definition) is 12. The molecule has 290 valence electrons. The van der Waals surface area contributed by atoms with Crippen molar-refractivity contribution < 1.29 is 50.6 Å². The topological polar surface area (TPSA) is 253 Å². The van der Waals surface area contributed by atoms with Crippen molar-refractivity contribution >= 4 is 58.3 Å². The Hall–Kier alpha value is -4.94. The molecule has 24 heteroatoms. The summed E-state index contributed by atoms with van der Waals surface area (Å²) in [5.41, 5.74) is -0.267. The van der Waals surface area contributed by atoms with Gasteiger partial charge in [-0.15, -0.1) is 16.6 Å². The molecule has 0 radical (unpaired) electrons. The van der Waals surface area contributed by atoms with Crippen molar-refractivity contribution in [1.29, 1.82) is 0 Å². The number of sulfonamides is 1. The number of hydrogen-bond donors (Lipinski definition) is 5. The summed E-state index contributed by atoms with van der Waals surface area (Å²) in [5, 5.41) is 17.9. The van der Waals surface area contributed by atoms with Crippen LogP contribution in [0.25, 0.3) is 11.5 Å². The maximum absolute atomic E-state index is 13.5. The second kappa shape index (κ2) is 17.9. The third kappa shape index (κ3) is 12.3. The Morgan fingerprint density at radius 1 is 1.11 bits per heavy atom. The Balaban J connectivity index is 0.000000234. The van der Waals surface area contributed by atoms with Crippen LogP contribution in [-0.2, 0) is 24.8 Å². The lowest BCUT2D eigenvalue weighted by Crippen LogP contribution is -2.23. The summed E-state index contributed by atoms with van der Waals surface area (Å²) in [6.07, 6.45) is 6.04. The van der Waals surface area contributed by atoms with Crippen molar-refractivity contribution in [2.45, 2.75) is 38.3 Å². The monoisotopic (exact) mass is 834 g/mol. The molecule has 0 fully saturated rings. The van der Waals surface area contributed by atoms with E-state index >= 15 is 0 Å². The van der Waals surface area contributed by atoms with E-state index in [1.165, 1.54) is 18.3 Å². The molecule has 0 saturated carbocycles. The molecular formula is C30H31Cl2F2N8O10PS. The summed E-state index contributed by atoms with van der Waals surface area (Å²) in [6, 6.07) is 7.56. The number of anilines is 1. The van der Waals surface area contributed by atoms with Crippen LogP contribution < -0.4 is 20.5 Å².